The molecule has 0 spiro atoms. The number of amides is 2. The molecule has 0 aliphatic carbocycles. The summed E-state index contributed by atoms with van der Waals surface area (Å²) in [5.74, 6) is -0.319. The van der Waals surface area contributed by atoms with E-state index in [4.69, 9.17) is 23.2 Å². The molecular weight excluding hydrogens is 383 g/mol. The van der Waals surface area contributed by atoms with Crippen LogP contribution in [0.3, 0.4) is 0 Å². The molecular formula is C21H24Cl2N2O2. The summed E-state index contributed by atoms with van der Waals surface area (Å²) in [5, 5.41) is 4.08. The number of benzene rings is 2. The Hall–Kier alpha value is -2.04. The molecule has 1 atom stereocenters. The largest absolute Gasteiger partial charge is 0.352 e. The summed E-state index contributed by atoms with van der Waals surface area (Å²) in [7, 11) is 0. The van der Waals surface area contributed by atoms with Gasteiger partial charge in [-0.1, -0.05) is 47.5 Å². The number of carbonyl (C=O) groups excluding carboxylic acids is 2. The minimum absolute atomic E-state index is 0.000614. The summed E-state index contributed by atoms with van der Waals surface area (Å²) >= 11 is 12.0. The van der Waals surface area contributed by atoms with Gasteiger partial charge in [0.2, 0.25) is 11.8 Å². The van der Waals surface area contributed by atoms with Crippen LogP contribution in [-0.2, 0) is 22.6 Å². The van der Waals surface area contributed by atoms with E-state index in [1.807, 2.05) is 38.1 Å². The van der Waals surface area contributed by atoms with Crippen molar-refractivity contribution in [1.29, 1.82) is 0 Å². The monoisotopic (exact) mass is 406 g/mol. The van der Waals surface area contributed by atoms with Gasteiger partial charge in [-0.25, -0.2) is 0 Å². The van der Waals surface area contributed by atoms with Crippen LogP contribution in [0.1, 0.15) is 31.9 Å². The van der Waals surface area contributed by atoms with Crippen molar-refractivity contribution in [2.45, 2.75) is 45.8 Å². The molecule has 0 aliphatic rings. The van der Waals surface area contributed by atoms with Crippen molar-refractivity contribution < 1.29 is 9.59 Å². The Morgan fingerprint density at radius 1 is 0.963 bits per heavy atom. The van der Waals surface area contributed by atoms with E-state index in [1.165, 1.54) is 0 Å². The molecule has 2 aromatic carbocycles. The standard InChI is InChI=1S/C21H24Cl2N2O2/c1-14(2)24-21(27)15(3)25(13-17-5-4-6-19(23)11-17)20(26)12-16-7-9-18(22)10-8-16/h4-11,14-15H,12-13H2,1-3H3,(H,24,27)/t15-/m0/s1. The van der Waals surface area contributed by atoms with E-state index in [0.717, 1.165) is 11.1 Å². The maximum Gasteiger partial charge on any atom is 0.242 e. The smallest absolute Gasteiger partial charge is 0.242 e. The summed E-state index contributed by atoms with van der Waals surface area (Å²) in [6, 6.07) is 13.8. The van der Waals surface area contributed by atoms with Crippen LogP contribution in [-0.4, -0.2) is 28.8 Å². The van der Waals surface area contributed by atoms with Gasteiger partial charge in [0.1, 0.15) is 6.04 Å². The van der Waals surface area contributed by atoms with E-state index in [9.17, 15) is 9.59 Å². The summed E-state index contributed by atoms with van der Waals surface area (Å²) in [5.41, 5.74) is 1.72. The first-order valence-corrected chi connectivity index (χ1v) is 9.60. The van der Waals surface area contributed by atoms with E-state index < -0.39 is 6.04 Å². The van der Waals surface area contributed by atoms with Crippen molar-refractivity contribution in [2.75, 3.05) is 0 Å². The maximum atomic E-state index is 13.0. The zero-order valence-electron chi connectivity index (χ0n) is 15.7. The van der Waals surface area contributed by atoms with Gasteiger partial charge in [-0.2, -0.15) is 0 Å². The third kappa shape index (κ3) is 6.56. The SMILES string of the molecule is CC(C)NC(=O)[C@H](C)N(Cc1cccc(Cl)c1)C(=O)Cc1ccc(Cl)cc1. The van der Waals surface area contributed by atoms with Crippen LogP contribution < -0.4 is 5.32 Å². The average molecular weight is 407 g/mol. The number of nitrogens with one attached hydrogen (secondary N) is 1. The topological polar surface area (TPSA) is 49.4 Å². The second kappa shape index (κ2) is 9.77. The van der Waals surface area contributed by atoms with Gasteiger partial charge in [0, 0.05) is 22.6 Å². The first kappa shape index (κ1) is 21.3. The van der Waals surface area contributed by atoms with Crippen molar-refractivity contribution in [2.24, 2.45) is 0 Å². The van der Waals surface area contributed by atoms with Gasteiger partial charge >= 0.3 is 0 Å². The third-order valence-electron chi connectivity index (χ3n) is 4.11. The fraction of sp³-hybridized carbons (Fsp3) is 0.333. The minimum Gasteiger partial charge on any atom is -0.352 e. The van der Waals surface area contributed by atoms with Crippen molar-refractivity contribution in [3.8, 4) is 0 Å². The van der Waals surface area contributed by atoms with Crippen molar-refractivity contribution in [3.63, 3.8) is 0 Å². The van der Waals surface area contributed by atoms with Crippen LogP contribution in [0.4, 0.5) is 0 Å². The highest BCUT2D eigenvalue weighted by molar-refractivity contribution is 6.30. The van der Waals surface area contributed by atoms with Gasteiger partial charge in [0.05, 0.1) is 6.42 Å². The molecule has 0 saturated carbocycles. The predicted molar refractivity (Wildman–Crippen MR) is 110 cm³/mol. The Bertz CT molecular complexity index is 791. The lowest BCUT2D eigenvalue weighted by Crippen LogP contribution is -2.49. The quantitative estimate of drug-likeness (QED) is 0.736. The summed E-state index contributed by atoms with van der Waals surface area (Å²) < 4.78 is 0. The molecule has 27 heavy (non-hydrogen) atoms. The van der Waals surface area contributed by atoms with Gasteiger partial charge in [0.25, 0.3) is 0 Å². The van der Waals surface area contributed by atoms with E-state index in [1.54, 1.807) is 36.1 Å². The number of hydrogen-bond donors (Lipinski definition) is 1. The summed E-state index contributed by atoms with van der Waals surface area (Å²) in [6.07, 6.45) is 0.192. The molecule has 2 rings (SSSR count). The molecule has 4 nitrogen and oxygen atoms in total. The Labute approximate surface area is 170 Å². The zero-order valence-corrected chi connectivity index (χ0v) is 17.2. The Balaban J connectivity index is 2.22. The number of halogens is 2. The van der Waals surface area contributed by atoms with Crippen LogP contribution >= 0.6 is 23.2 Å². The molecule has 0 aliphatic heterocycles. The van der Waals surface area contributed by atoms with Crippen LogP contribution in [0.25, 0.3) is 0 Å². The Kier molecular flexibility index (Phi) is 7.69. The number of nitrogens with zero attached hydrogens (tertiary/aromatic N) is 1. The molecule has 0 fully saturated rings. The van der Waals surface area contributed by atoms with Crippen LogP contribution in [0.15, 0.2) is 48.5 Å². The molecule has 2 aromatic rings. The Morgan fingerprint density at radius 3 is 2.22 bits per heavy atom. The molecule has 0 bridgehead atoms. The van der Waals surface area contributed by atoms with E-state index >= 15 is 0 Å². The minimum atomic E-state index is -0.605. The fourth-order valence-electron chi connectivity index (χ4n) is 2.70. The molecule has 0 aromatic heterocycles. The van der Waals surface area contributed by atoms with E-state index in [2.05, 4.69) is 5.32 Å². The number of hydrogen-bond acceptors (Lipinski definition) is 2. The van der Waals surface area contributed by atoms with Crippen LogP contribution in [0, 0.1) is 0 Å². The molecule has 6 heteroatoms. The highest BCUT2D eigenvalue weighted by Gasteiger charge is 2.26. The van der Waals surface area contributed by atoms with Crippen LogP contribution in [0.5, 0.6) is 0 Å². The first-order valence-electron chi connectivity index (χ1n) is 8.85. The number of rotatable bonds is 7. The van der Waals surface area contributed by atoms with Crippen LogP contribution in [0.2, 0.25) is 10.0 Å². The molecule has 2 amide bonds. The fourth-order valence-corrected chi connectivity index (χ4v) is 3.04. The zero-order chi connectivity index (χ0) is 20.0. The Morgan fingerprint density at radius 2 is 1.63 bits per heavy atom. The molecule has 1 N–H and O–H groups in total. The highest BCUT2D eigenvalue weighted by Crippen LogP contribution is 2.17. The van der Waals surface area contributed by atoms with Crippen molar-refractivity contribution in [3.05, 3.63) is 69.7 Å². The maximum absolute atomic E-state index is 13.0. The van der Waals surface area contributed by atoms with Gasteiger partial charge < -0.3 is 10.2 Å². The second-order valence-corrected chi connectivity index (χ2v) is 7.67. The molecule has 0 unspecified atom stereocenters. The summed E-state index contributed by atoms with van der Waals surface area (Å²) in [4.78, 5) is 27.1. The summed E-state index contributed by atoms with van der Waals surface area (Å²) in [6.45, 7) is 5.82. The van der Waals surface area contributed by atoms with Gasteiger partial charge in [-0.15, -0.1) is 0 Å². The van der Waals surface area contributed by atoms with Gasteiger partial charge in [0.15, 0.2) is 0 Å². The lowest BCUT2D eigenvalue weighted by Gasteiger charge is -2.29. The average Bonchev–Trinajstić information content (AvgIpc) is 2.60. The number of carbonyl (C=O) groups is 2. The van der Waals surface area contributed by atoms with E-state index in [-0.39, 0.29) is 24.3 Å². The van der Waals surface area contributed by atoms with Crippen molar-refractivity contribution >= 4 is 35.0 Å². The highest BCUT2D eigenvalue weighted by atomic mass is 35.5. The van der Waals surface area contributed by atoms with Crippen molar-refractivity contribution in [1.82, 2.24) is 10.2 Å². The molecule has 0 saturated heterocycles. The molecule has 144 valence electrons. The first-order chi connectivity index (χ1) is 12.8. The third-order valence-corrected chi connectivity index (χ3v) is 4.60. The van der Waals surface area contributed by atoms with E-state index in [0.29, 0.717) is 16.6 Å². The normalized spacial score (nSPS) is 11.9. The molecule has 0 radical (unpaired) electrons. The molecule has 0 heterocycles. The lowest BCUT2D eigenvalue weighted by atomic mass is 10.1. The second-order valence-electron chi connectivity index (χ2n) is 6.79. The van der Waals surface area contributed by atoms with Gasteiger partial charge in [-0.3, -0.25) is 9.59 Å². The lowest BCUT2D eigenvalue weighted by molar-refractivity contribution is -0.140. The predicted octanol–water partition coefficient (Wildman–Crippen LogP) is 4.48. The van der Waals surface area contributed by atoms with Gasteiger partial charge in [-0.05, 0) is 56.2 Å².